The minimum atomic E-state index is -0.736. The lowest BCUT2D eigenvalue weighted by atomic mass is 9.84. The fraction of sp³-hybridized carbons (Fsp3) is 0.136. The topological polar surface area (TPSA) is 60.9 Å². The minimum absolute atomic E-state index is 0.107. The lowest BCUT2D eigenvalue weighted by molar-refractivity contribution is 0.497. The molecule has 6 heteroatoms. The summed E-state index contributed by atoms with van der Waals surface area (Å²) in [6, 6.07) is 13.3. The third-order valence-corrected chi connectivity index (χ3v) is 6.25. The first-order chi connectivity index (χ1) is 13.5. The van der Waals surface area contributed by atoms with Gasteiger partial charge in [-0.05, 0) is 29.3 Å². The molecule has 1 aliphatic heterocycles. The van der Waals surface area contributed by atoms with Crippen molar-refractivity contribution in [1.29, 1.82) is 0 Å². The molecule has 5 rings (SSSR count). The van der Waals surface area contributed by atoms with E-state index in [9.17, 15) is 4.79 Å². The number of halogens is 1. The second-order valence-corrected chi connectivity index (χ2v) is 7.98. The highest BCUT2D eigenvalue weighted by atomic mass is 35.5. The lowest BCUT2D eigenvalue weighted by Crippen LogP contribution is -2.43. The van der Waals surface area contributed by atoms with Gasteiger partial charge in [0, 0.05) is 23.6 Å². The molecule has 138 valence electrons. The van der Waals surface area contributed by atoms with Gasteiger partial charge in [0.15, 0.2) is 0 Å². The Morgan fingerprint density at radius 2 is 2.00 bits per heavy atom. The van der Waals surface area contributed by atoms with Gasteiger partial charge < -0.3 is 5.73 Å². The number of nitrogens with two attached hydrogens (primary N) is 1. The summed E-state index contributed by atoms with van der Waals surface area (Å²) in [5.41, 5.74) is 8.49. The van der Waals surface area contributed by atoms with E-state index in [0.29, 0.717) is 34.7 Å². The third kappa shape index (κ3) is 2.37. The van der Waals surface area contributed by atoms with Crippen molar-refractivity contribution in [3.8, 4) is 0 Å². The molecular formula is C22H16ClN3OS. The summed E-state index contributed by atoms with van der Waals surface area (Å²) < 4.78 is 1.75. The third-order valence-electron chi connectivity index (χ3n) is 5.44. The standard InChI is InChI=1S/C22H16ClN3OS/c23-15-6-7-16-18(10-15)25-20-17-5-2-8-22(19(17)28,26(20)21(16)27)11-13-3-1-4-14(9-13)12-24/h1-10H,11-12,24H2. The summed E-state index contributed by atoms with van der Waals surface area (Å²) in [7, 11) is 0. The van der Waals surface area contributed by atoms with Gasteiger partial charge in [0.1, 0.15) is 11.4 Å². The lowest BCUT2D eigenvalue weighted by Gasteiger charge is -2.29. The van der Waals surface area contributed by atoms with Crippen molar-refractivity contribution in [3.63, 3.8) is 0 Å². The molecule has 0 radical (unpaired) electrons. The van der Waals surface area contributed by atoms with Gasteiger partial charge in [0.2, 0.25) is 0 Å². The molecule has 0 amide bonds. The maximum Gasteiger partial charge on any atom is 0.262 e. The van der Waals surface area contributed by atoms with Crippen LogP contribution in [0.1, 0.15) is 17.0 Å². The highest BCUT2D eigenvalue weighted by Gasteiger charge is 2.47. The van der Waals surface area contributed by atoms with E-state index in [1.54, 1.807) is 22.8 Å². The van der Waals surface area contributed by atoms with E-state index in [0.717, 1.165) is 21.6 Å². The van der Waals surface area contributed by atoms with Crippen LogP contribution in [-0.4, -0.2) is 14.4 Å². The van der Waals surface area contributed by atoms with E-state index in [1.165, 1.54) is 0 Å². The van der Waals surface area contributed by atoms with Crippen LogP contribution in [0.15, 0.2) is 65.5 Å². The Balaban J connectivity index is 1.77. The predicted octanol–water partition coefficient (Wildman–Crippen LogP) is 3.78. The maximum atomic E-state index is 13.5. The van der Waals surface area contributed by atoms with Gasteiger partial charge in [-0.25, -0.2) is 4.98 Å². The zero-order valence-electron chi connectivity index (χ0n) is 14.9. The van der Waals surface area contributed by atoms with Crippen LogP contribution in [0.25, 0.3) is 16.5 Å². The molecule has 0 spiro atoms. The molecule has 2 aromatic carbocycles. The van der Waals surface area contributed by atoms with E-state index < -0.39 is 5.54 Å². The molecule has 0 saturated carbocycles. The van der Waals surface area contributed by atoms with Crippen LogP contribution >= 0.6 is 23.8 Å². The van der Waals surface area contributed by atoms with Crippen molar-refractivity contribution >= 4 is 45.2 Å². The van der Waals surface area contributed by atoms with Crippen LogP contribution in [0.5, 0.6) is 0 Å². The fourth-order valence-electron chi connectivity index (χ4n) is 4.15. The van der Waals surface area contributed by atoms with Gasteiger partial charge in [0.05, 0.1) is 15.8 Å². The smallest absolute Gasteiger partial charge is 0.262 e. The fourth-order valence-corrected chi connectivity index (χ4v) is 4.70. The molecule has 1 aromatic heterocycles. The first-order valence-corrected chi connectivity index (χ1v) is 9.77. The van der Waals surface area contributed by atoms with Crippen molar-refractivity contribution < 1.29 is 0 Å². The molecular weight excluding hydrogens is 390 g/mol. The van der Waals surface area contributed by atoms with E-state index in [4.69, 9.17) is 34.5 Å². The number of fused-ring (bicyclic) bond motifs is 6. The number of thiocarbonyl (C=S) groups is 1. The first-order valence-electron chi connectivity index (χ1n) is 8.99. The Morgan fingerprint density at radius 3 is 2.82 bits per heavy atom. The molecule has 0 saturated heterocycles. The number of allylic oxidation sites excluding steroid dienone is 4. The van der Waals surface area contributed by atoms with Gasteiger partial charge in [0.25, 0.3) is 5.56 Å². The Labute approximate surface area is 172 Å². The Bertz CT molecular complexity index is 1290. The van der Waals surface area contributed by atoms with Crippen LogP contribution in [0.4, 0.5) is 0 Å². The van der Waals surface area contributed by atoms with Gasteiger partial charge in [-0.3, -0.25) is 9.36 Å². The quantitative estimate of drug-likeness (QED) is 0.673. The van der Waals surface area contributed by atoms with Crippen LogP contribution in [0, 0.1) is 0 Å². The van der Waals surface area contributed by atoms with Gasteiger partial charge >= 0.3 is 0 Å². The normalized spacial score (nSPS) is 19.8. The van der Waals surface area contributed by atoms with E-state index >= 15 is 0 Å². The molecule has 1 unspecified atom stereocenters. The average Bonchev–Trinajstić information content (AvgIpc) is 2.81. The number of hydrogen-bond acceptors (Lipinski definition) is 4. The molecule has 2 bridgehead atoms. The monoisotopic (exact) mass is 405 g/mol. The summed E-state index contributed by atoms with van der Waals surface area (Å²) in [6.07, 6.45) is 6.47. The van der Waals surface area contributed by atoms with Crippen molar-refractivity contribution in [2.24, 2.45) is 5.73 Å². The van der Waals surface area contributed by atoms with Crippen LogP contribution in [-0.2, 0) is 18.5 Å². The summed E-state index contributed by atoms with van der Waals surface area (Å²) in [5.74, 6) is 0.602. The second kappa shape index (κ2) is 6.21. The molecule has 1 atom stereocenters. The van der Waals surface area contributed by atoms with Crippen molar-refractivity contribution in [3.05, 3.63) is 93.0 Å². The average molecular weight is 406 g/mol. The van der Waals surface area contributed by atoms with Gasteiger partial charge in [-0.15, -0.1) is 0 Å². The molecule has 2 heterocycles. The zero-order valence-corrected chi connectivity index (χ0v) is 16.4. The van der Waals surface area contributed by atoms with Gasteiger partial charge in [-0.2, -0.15) is 0 Å². The van der Waals surface area contributed by atoms with Crippen molar-refractivity contribution in [2.75, 3.05) is 0 Å². The SMILES string of the molecule is NCc1cccc(CC23C=CC=C(C2=S)c2nc4cc(Cl)ccc4c(=O)n23)c1. The van der Waals surface area contributed by atoms with E-state index in [2.05, 4.69) is 6.07 Å². The zero-order chi connectivity index (χ0) is 19.5. The molecule has 1 aliphatic carbocycles. The number of nitrogens with zero attached hydrogens (tertiary/aromatic N) is 2. The molecule has 2 N–H and O–H groups in total. The van der Waals surface area contributed by atoms with E-state index in [-0.39, 0.29) is 5.56 Å². The first kappa shape index (κ1) is 17.5. The maximum absolute atomic E-state index is 13.5. The largest absolute Gasteiger partial charge is 0.326 e. The molecule has 2 aliphatic rings. The minimum Gasteiger partial charge on any atom is -0.326 e. The van der Waals surface area contributed by atoms with Crippen LogP contribution in [0.3, 0.4) is 0 Å². The van der Waals surface area contributed by atoms with Crippen LogP contribution in [0.2, 0.25) is 5.02 Å². The highest BCUT2D eigenvalue weighted by Crippen LogP contribution is 2.42. The predicted molar refractivity (Wildman–Crippen MR) is 117 cm³/mol. The summed E-state index contributed by atoms with van der Waals surface area (Å²) in [4.78, 5) is 19.0. The van der Waals surface area contributed by atoms with Crippen molar-refractivity contribution in [2.45, 2.75) is 18.5 Å². The summed E-state index contributed by atoms with van der Waals surface area (Å²) in [5, 5.41) is 1.08. The number of hydrogen-bond donors (Lipinski definition) is 1. The molecule has 3 aromatic rings. The Morgan fingerprint density at radius 1 is 1.18 bits per heavy atom. The van der Waals surface area contributed by atoms with Crippen molar-refractivity contribution in [1.82, 2.24) is 9.55 Å². The van der Waals surface area contributed by atoms with E-state index in [1.807, 2.05) is 36.4 Å². The molecule has 28 heavy (non-hydrogen) atoms. The number of aromatic nitrogens is 2. The molecule has 4 nitrogen and oxygen atoms in total. The second-order valence-electron chi connectivity index (χ2n) is 7.13. The highest BCUT2D eigenvalue weighted by molar-refractivity contribution is 7.81. The van der Waals surface area contributed by atoms with Crippen LogP contribution < -0.4 is 11.3 Å². The van der Waals surface area contributed by atoms with Gasteiger partial charge in [-0.1, -0.05) is 66.3 Å². The molecule has 0 fully saturated rings. The summed E-state index contributed by atoms with van der Waals surface area (Å²) >= 11 is 12.0. The number of benzene rings is 2. The Kier molecular flexibility index (Phi) is 3.88. The summed E-state index contributed by atoms with van der Waals surface area (Å²) in [6.45, 7) is 0.468. The Hall–Kier alpha value is -2.60. The number of rotatable bonds is 3.